The molecule has 5 nitrogen and oxygen atoms in total. The van der Waals surface area contributed by atoms with Crippen molar-refractivity contribution in [1.29, 1.82) is 0 Å². The molecule has 1 aromatic heterocycles. The van der Waals surface area contributed by atoms with Gasteiger partial charge in [-0.15, -0.1) is 0 Å². The Kier molecular flexibility index (Phi) is 4.68. The van der Waals surface area contributed by atoms with Gasteiger partial charge in [-0.05, 0) is 31.5 Å². The number of rotatable bonds is 6. The molecule has 1 N–H and O–H groups in total. The topological polar surface area (TPSA) is 68.4 Å². The van der Waals surface area contributed by atoms with E-state index in [4.69, 9.17) is 9.26 Å². The third-order valence-corrected chi connectivity index (χ3v) is 2.75. The number of halogens is 1. The van der Waals surface area contributed by atoms with Crippen LogP contribution in [0.25, 0.3) is 0 Å². The zero-order chi connectivity index (χ0) is 14.5. The van der Waals surface area contributed by atoms with E-state index in [0.717, 1.165) is 12.8 Å². The SMILES string of the molecule is CCCc1nc(COc2ccc(F)cc2[C@H](C)O)no1. The Morgan fingerprint density at radius 2 is 2.25 bits per heavy atom. The summed E-state index contributed by atoms with van der Waals surface area (Å²) in [4.78, 5) is 4.17. The summed E-state index contributed by atoms with van der Waals surface area (Å²) in [6.07, 6.45) is 0.830. The molecule has 0 aliphatic carbocycles. The van der Waals surface area contributed by atoms with Crippen molar-refractivity contribution in [3.63, 3.8) is 0 Å². The van der Waals surface area contributed by atoms with Gasteiger partial charge in [0.05, 0.1) is 6.10 Å². The summed E-state index contributed by atoms with van der Waals surface area (Å²) in [7, 11) is 0. The molecule has 0 saturated carbocycles. The predicted molar refractivity (Wildman–Crippen MR) is 69.7 cm³/mol. The van der Waals surface area contributed by atoms with Crippen LogP contribution in [0.2, 0.25) is 0 Å². The van der Waals surface area contributed by atoms with Crippen LogP contribution in [-0.2, 0) is 13.0 Å². The largest absolute Gasteiger partial charge is 0.485 e. The van der Waals surface area contributed by atoms with Gasteiger partial charge in [-0.3, -0.25) is 0 Å². The fourth-order valence-corrected chi connectivity index (χ4v) is 1.78. The van der Waals surface area contributed by atoms with E-state index >= 15 is 0 Å². The Hall–Kier alpha value is -1.95. The lowest BCUT2D eigenvalue weighted by molar-refractivity contribution is 0.188. The monoisotopic (exact) mass is 280 g/mol. The Labute approximate surface area is 116 Å². The number of hydrogen-bond donors (Lipinski definition) is 1. The van der Waals surface area contributed by atoms with Crippen molar-refractivity contribution in [2.24, 2.45) is 0 Å². The van der Waals surface area contributed by atoms with Crippen LogP contribution in [0.5, 0.6) is 5.75 Å². The summed E-state index contributed by atoms with van der Waals surface area (Å²) in [5.41, 5.74) is 0.391. The van der Waals surface area contributed by atoms with Gasteiger partial charge in [0.2, 0.25) is 11.7 Å². The molecule has 1 heterocycles. The third kappa shape index (κ3) is 3.54. The van der Waals surface area contributed by atoms with E-state index < -0.39 is 11.9 Å². The van der Waals surface area contributed by atoms with Crippen LogP contribution in [0.15, 0.2) is 22.7 Å². The normalized spacial score (nSPS) is 12.4. The summed E-state index contributed by atoms with van der Waals surface area (Å²) < 4.78 is 23.7. The van der Waals surface area contributed by atoms with Crippen molar-refractivity contribution in [1.82, 2.24) is 10.1 Å². The number of nitrogens with zero attached hydrogens (tertiary/aromatic N) is 2. The number of ether oxygens (including phenoxy) is 1. The van der Waals surface area contributed by atoms with Crippen molar-refractivity contribution < 1.29 is 18.8 Å². The van der Waals surface area contributed by atoms with Gasteiger partial charge in [-0.25, -0.2) is 4.39 Å². The summed E-state index contributed by atoms with van der Waals surface area (Å²) in [5.74, 6) is 0.983. The maximum atomic E-state index is 13.2. The van der Waals surface area contributed by atoms with E-state index in [1.54, 1.807) is 6.92 Å². The quantitative estimate of drug-likeness (QED) is 0.881. The van der Waals surface area contributed by atoms with Crippen LogP contribution in [0.4, 0.5) is 4.39 Å². The van der Waals surface area contributed by atoms with E-state index in [1.165, 1.54) is 18.2 Å². The van der Waals surface area contributed by atoms with Gasteiger partial charge in [0.1, 0.15) is 11.6 Å². The minimum Gasteiger partial charge on any atom is -0.485 e. The summed E-state index contributed by atoms with van der Waals surface area (Å²) in [6.45, 7) is 3.68. The number of hydrogen-bond acceptors (Lipinski definition) is 5. The molecular formula is C14H17FN2O3. The molecule has 0 spiro atoms. The van der Waals surface area contributed by atoms with Crippen molar-refractivity contribution >= 4 is 0 Å². The van der Waals surface area contributed by atoms with Gasteiger partial charge in [0, 0.05) is 12.0 Å². The number of benzene rings is 1. The van der Waals surface area contributed by atoms with Gasteiger partial charge in [-0.2, -0.15) is 4.98 Å². The number of aliphatic hydroxyl groups is 1. The zero-order valence-corrected chi connectivity index (χ0v) is 11.5. The second kappa shape index (κ2) is 6.47. The Balaban J connectivity index is 2.06. The molecule has 0 fully saturated rings. The molecule has 0 aliphatic rings. The molecule has 0 bridgehead atoms. The molecule has 108 valence electrons. The van der Waals surface area contributed by atoms with E-state index in [2.05, 4.69) is 10.1 Å². The highest BCUT2D eigenvalue weighted by Gasteiger charge is 2.12. The lowest BCUT2D eigenvalue weighted by Crippen LogP contribution is -2.03. The van der Waals surface area contributed by atoms with Crippen LogP contribution in [0.3, 0.4) is 0 Å². The standard InChI is InChI=1S/C14H17FN2O3/c1-3-4-14-16-13(17-20-14)8-19-12-6-5-10(15)7-11(12)9(2)18/h5-7,9,18H,3-4,8H2,1-2H3/t9-/m0/s1. The van der Waals surface area contributed by atoms with E-state index in [-0.39, 0.29) is 6.61 Å². The first-order valence-electron chi connectivity index (χ1n) is 6.52. The first-order valence-corrected chi connectivity index (χ1v) is 6.52. The molecule has 2 rings (SSSR count). The van der Waals surface area contributed by atoms with Gasteiger partial charge in [0.25, 0.3) is 0 Å². The first kappa shape index (κ1) is 14.5. The molecule has 0 unspecified atom stereocenters. The average Bonchev–Trinajstić information content (AvgIpc) is 2.85. The van der Waals surface area contributed by atoms with Gasteiger partial charge < -0.3 is 14.4 Å². The summed E-state index contributed by atoms with van der Waals surface area (Å²) >= 11 is 0. The second-order valence-corrected chi connectivity index (χ2v) is 4.50. The number of aryl methyl sites for hydroxylation is 1. The van der Waals surface area contributed by atoms with Crippen LogP contribution in [0.1, 0.15) is 43.7 Å². The van der Waals surface area contributed by atoms with Crippen LogP contribution >= 0.6 is 0 Å². The van der Waals surface area contributed by atoms with Crippen LogP contribution in [-0.4, -0.2) is 15.2 Å². The molecule has 0 aliphatic heterocycles. The molecular weight excluding hydrogens is 263 g/mol. The maximum Gasteiger partial charge on any atom is 0.226 e. The fourth-order valence-electron chi connectivity index (χ4n) is 1.78. The highest BCUT2D eigenvalue weighted by Crippen LogP contribution is 2.26. The second-order valence-electron chi connectivity index (χ2n) is 4.50. The summed E-state index contributed by atoms with van der Waals surface area (Å²) in [5, 5.41) is 13.4. The number of aliphatic hydroxyl groups excluding tert-OH is 1. The van der Waals surface area contributed by atoms with E-state index in [9.17, 15) is 9.50 Å². The minimum atomic E-state index is -0.818. The third-order valence-electron chi connectivity index (χ3n) is 2.75. The van der Waals surface area contributed by atoms with Gasteiger partial charge in [-0.1, -0.05) is 12.1 Å². The van der Waals surface area contributed by atoms with Crippen molar-refractivity contribution in [2.45, 2.75) is 39.4 Å². The average molecular weight is 280 g/mol. The molecule has 0 radical (unpaired) electrons. The van der Waals surface area contributed by atoms with E-state index in [0.29, 0.717) is 23.0 Å². The number of aromatic nitrogens is 2. The van der Waals surface area contributed by atoms with E-state index in [1.807, 2.05) is 6.92 Å². The zero-order valence-electron chi connectivity index (χ0n) is 11.5. The molecule has 0 saturated heterocycles. The predicted octanol–water partition coefficient (Wildman–Crippen LogP) is 2.79. The Morgan fingerprint density at radius 1 is 1.45 bits per heavy atom. The fraction of sp³-hybridized carbons (Fsp3) is 0.429. The molecule has 1 atom stereocenters. The molecule has 6 heteroatoms. The highest BCUT2D eigenvalue weighted by molar-refractivity contribution is 5.35. The molecule has 1 aromatic carbocycles. The molecule has 0 amide bonds. The van der Waals surface area contributed by atoms with Gasteiger partial charge >= 0.3 is 0 Å². The van der Waals surface area contributed by atoms with Crippen LogP contribution in [0, 0.1) is 5.82 Å². The maximum absolute atomic E-state index is 13.2. The minimum absolute atomic E-state index is 0.110. The molecule has 20 heavy (non-hydrogen) atoms. The molecule has 2 aromatic rings. The smallest absolute Gasteiger partial charge is 0.226 e. The first-order chi connectivity index (χ1) is 9.60. The Bertz CT molecular complexity index is 569. The van der Waals surface area contributed by atoms with Crippen molar-refractivity contribution in [2.75, 3.05) is 0 Å². The lowest BCUT2D eigenvalue weighted by atomic mass is 10.1. The van der Waals surface area contributed by atoms with Crippen molar-refractivity contribution in [3.05, 3.63) is 41.3 Å². The van der Waals surface area contributed by atoms with Gasteiger partial charge in [0.15, 0.2) is 6.61 Å². The Morgan fingerprint density at radius 3 is 2.95 bits per heavy atom. The van der Waals surface area contributed by atoms with Crippen LogP contribution < -0.4 is 4.74 Å². The van der Waals surface area contributed by atoms with Crippen molar-refractivity contribution in [3.8, 4) is 5.75 Å². The lowest BCUT2D eigenvalue weighted by Gasteiger charge is -2.12. The summed E-state index contributed by atoms with van der Waals surface area (Å²) in [6, 6.07) is 4.00. The highest BCUT2D eigenvalue weighted by atomic mass is 19.1.